The maximum absolute atomic E-state index is 12.5. The van der Waals surface area contributed by atoms with Crippen LogP contribution in [0.2, 0.25) is 0 Å². The molecule has 0 radical (unpaired) electrons. The molecule has 0 spiro atoms. The average molecular weight is 416 g/mol. The van der Waals surface area contributed by atoms with E-state index in [9.17, 15) is 10.1 Å². The lowest BCUT2D eigenvalue weighted by Crippen LogP contribution is -2.29. The van der Waals surface area contributed by atoms with Crippen molar-refractivity contribution in [1.29, 1.82) is 5.26 Å². The molecule has 0 saturated carbocycles. The summed E-state index contributed by atoms with van der Waals surface area (Å²) in [4.78, 5) is 20.6. The first-order valence-corrected chi connectivity index (χ1v) is 9.77. The highest BCUT2D eigenvalue weighted by atomic mass is 16.5. The lowest BCUT2D eigenvalue weighted by molar-refractivity contribution is -0.116. The summed E-state index contributed by atoms with van der Waals surface area (Å²) in [6.45, 7) is 4.72. The van der Waals surface area contributed by atoms with Crippen LogP contribution in [0, 0.1) is 25.2 Å². The van der Waals surface area contributed by atoms with Crippen molar-refractivity contribution in [3.05, 3.63) is 71.3 Å². The summed E-state index contributed by atoms with van der Waals surface area (Å²) in [5.74, 6) is 0.842. The summed E-state index contributed by atoms with van der Waals surface area (Å²) in [5.41, 5.74) is 3.78. The van der Waals surface area contributed by atoms with Crippen molar-refractivity contribution in [2.24, 2.45) is 0 Å². The lowest BCUT2D eigenvalue weighted by Gasteiger charge is -2.10. The van der Waals surface area contributed by atoms with Crippen LogP contribution in [0.3, 0.4) is 0 Å². The van der Waals surface area contributed by atoms with Gasteiger partial charge in [0, 0.05) is 42.6 Å². The van der Waals surface area contributed by atoms with E-state index >= 15 is 0 Å². The van der Waals surface area contributed by atoms with Crippen molar-refractivity contribution in [2.45, 2.75) is 13.8 Å². The second-order valence-electron chi connectivity index (χ2n) is 6.78. The van der Waals surface area contributed by atoms with Crippen molar-refractivity contribution in [1.82, 2.24) is 19.9 Å². The zero-order chi connectivity index (χ0) is 22.2. The van der Waals surface area contributed by atoms with Crippen molar-refractivity contribution >= 4 is 17.9 Å². The first-order valence-electron chi connectivity index (χ1n) is 9.77. The van der Waals surface area contributed by atoms with Gasteiger partial charge >= 0.3 is 0 Å². The number of anilines is 1. The van der Waals surface area contributed by atoms with Crippen LogP contribution in [0.15, 0.2) is 54.4 Å². The van der Waals surface area contributed by atoms with Crippen molar-refractivity contribution in [3.63, 3.8) is 0 Å². The van der Waals surface area contributed by atoms with Crippen LogP contribution in [0.1, 0.15) is 17.0 Å². The van der Waals surface area contributed by atoms with Gasteiger partial charge in [0.05, 0.1) is 7.11 Å². The Morgan fingerprint density at radius 1 is 1.19 bits per heavy atom. The van der Waals surface area contributed by atoms with Gasteiger partial charge in [-0.15, -0.1) is 0 Å². The highest BCUT2D eigenvalue weighted by Crippen LogP contribution is 2.24. The number of aryl methyl sites for hydroxylation is 1. The number of nitrogens with zero attached hydrogens (tertiary/aromatic N) is 4. The summed E-state index contributed by atoms with van der Waals surface area (Å²) >= 11 is 0. The number of hydrogen-bond acceptors (Lipinski definition) is 6. The van der Waals surface area contributed by atoms with E-state index in [1.807, 2.05) is 50.2 Å². The first kappa shape index (κ1) is 21.6. The van der Waals surface area contributed by atoms with E-state index in [2.05, 4.69) is 25.2 Å². The number of methoxy groups -OCH3 is 1. The maximum Gasteiger partial charge on any atom is 0.262 e. The summed E-state index contributed by atoms with van der Waals surface area (Å²) in [6.07, 6.45) is 4.88. The summed E-state index contributed by atoms with van der Waals surface area (Å²) < 4.78 is 7.29. The van der Waals surface area contributed by atoms with E-state index in [0.29, 0.717) is 19.0 Å². The van der Waals surface area contributed by atoms with Crippen LogP contribution in [0.4, 0.5) is 5.95 Å². The minimum Gasteiger partial charge on any atom is -0.497 e. The van der Waals surface area contributed by atoms with Gasteiger partial charge in [0.1, 0.15) is 17.4 Å². The van der Waals surface area contributed by atoms with Crippen LogP contribution < -0.4 is 15.4 Å². The molecule has 3 aromatic rings. The molecule has 1 amide bonds. The fourth-order valence-electron chi connectivity index (χ4n) is 3.20. The lowest BCUT2D eigenvalue weighted by atomic mass is 10.1. The van der Waals surface area contributed by atoms with E-state index in [-0.39, 0.29) is 5.57 Å². The molecule has 0 saturated heterocycles. The Morgan fingerprint density at radius 3 is 2.55 bits per heavy atom. The minimum atomic E-state index is -0.424. The SMILES string of the molecule is COc1ccc(-n2c(C)cc(C=C(C#N)C(=O)NCCNc3ncccn3)c2C)cc1. The molecule has 1 aromatic carbocycles. The molecular weight excluding hydrogens is 392 g/mol. The number of amides is 1. The zero-order valence-corrected chi connectivity index (χ0v) is 17.7. The third-order valence-corrected chi connectivity index (χ3v) is 4.73. The molecule has 158 valence electrons. The number of hydrogen-bond donors (Lipinski definition) is 2. The van der Waals surface area contributed by atoms with Gasteiger partial charge in [0.25, 0.3) is 5.91 Å². The monoisotopic (exact) mass is 416 g/mol. The Kier molecular flexibility index (Phi) is 7.01. The third kappa shape index (κ3) is 5.28. The fourth-order valence-corrected chi connectivity index (χ4v) is 3.20. The second-order valence-corrected chi connectivity index (χ2v) is 6.78. The van der Waals surface area contributed by atoms with E-state index in [1.165, 1.54) is 0 Å². The molecule has 8 heteroatoms. The van der Waals surface area contributed by atoms with Crippen molar-refractivity contribution < 1.29 is 9.53 Å². The predicted octanol–water partition coefficient (Wildman–Crippen LogP) is 3.03. The van der Waals surface area contributed by atoms with E-state index < -0.39 is 5.91 Å². The number of carbonyl (C=O) groups excluding carboxylic acids is 1. The van der Waals surface area contributed by atoms with Gasteiger partial charge in [-0.1, -0.05) is 0 Å². The number of nitriles is 1. The predicted molar refractivity (Wildman–Crippen MR) is 119 cm³/mol. The molecule has 0 fully saturated rings. The molecule has 3 rings (SSSR count). The number of benzene rings is 1. The number of ether oxygens (including phenoxy) is 1. The molecule has 0 atom stereocenters. The summed E-state index contributed by atoms with van der Waals surface area (Å²) in [6, 6.07) is 13.4. The quantitative estimate of drug-likeness (QED) is 0.332. The van der Waals surface area contributed by atoms with E-state index in [4.69, 9.17) is 4.74 Å². The standard InChI is InChI=1S/C23H24N6O2/c1-16-13-18(17(2)29(16)20-5-7-21(31-3)8-6-20)14-19(15-24)22(30)25-11-12-28-23-26-9-4-10-27-23/h4-10,13-14H,11-12H2,1-3H3,(H,25,30)(H,26,27,28). The fraction of sp³-hybridized carbons (Fsp3) is 0.217. The molecule has 0 bridgehead atoms. The minimum absolute atomic E-state index is 0.0472. The van der Waals surface area contributed by atoms with Crippen LogP contribution >= 0.6 is 0 Å². The molecule has 0 aliphatic carbocycles. The Morgan fingerprint density at radius 2 is 1.90 bits per heavy atom. The Hall–Kier alpha value is -4.12. The Balaban J connectivity index is 1.70. The molecule has 0 unspecified atom stereocenters. The van der Waals surface area contributed by atoms with Crippen LogP contribution in [-0.4, -0.2) is 40.6 Å². The largest absolute Gasteiger partial charge is 0.497 e. The number of aromatic nitrogens is 3. The Bertz CT molecular complexity index is 1110. The number of rotatable bonds is 8. The van der Waals surface area contributed by atoms with E-state index in [1.54, 1.807) is 31.6 Å². The third-order valence-electron chi connectivity index (χ3n) is 4.73. The van der Waals surface area contributed by atoms with Gasteiger partial charge in [-0.3, -0.25) is 4.79 Å². The molecule has 31 heavy (non-hydrogen) atoms. The highest BCUT2D eigenvalue weighted by Gasteiger charge is 2.13. The van der Waals surface area contributed by atoms with Gasteiger partial charge in [-0.25, -0.2) is 9.97 Å². The smallest absolute Gasteiger partial charge is 0.262 e. The van der Waals surface area contributed by atoms with Crippen LogP contribution in [0.25, 0.3) is 11.8 Å². The van der Waals surface area contributed by atoms with Gasteiger partial charge in [0.2, 0.25) is 5.95 Å². The van der Waals surface area contributed by atoms with Gasteiger partial charge in [-0.2, -0.15) is 5.26 Å². The van der Waals surface area contributed by atoms with Crippen LogP contribution in [-0.2, 0) is 4.79 Å². The van der Waals surface area contributed by atoms with Crippen LogP contribution in [0.5, 0.6) is 5.75 Å². The molecule has 0 aliphatic rings. The normalized spacial score (nSPS) is 11.0. The van der Waals surface area contributed by atoms with Crippen molar-refractivity contribution in [2.75, 3.05) is 25.5 Å². The Labute approximate surface area is 181 Å². The second kappa shape index (κ2) is 10.1. The number of nitrogens with one attached hydrogen (secondary N) is 2. The van der Waals surface area contributed by atoms with E-state index in [0.717, 1.165) is 28.4 Å². The molecule has 2 heterocycles. The average Bonchev–Trinajstić information content (AvgIpc) is 3.08. The maximum atomic E-state index is 12.5. The topological polar surface area (TPSA) is 105 Å². The van der Waals surface area contributed by atoms with Gasteiger partial charge < -0.3 is 19.9 Å². The van der Waals surface area contributed by atoms with Gasteiger partial charge in [0.15, 0.2) is 0 Å². The highest BCUT2D eigenvalue weighted by molar-refractivity contribution is 6.01. The molecule has 2 aromatic heterocycles. The zero-order valence-electron chi connectivity index (χ0n) is 17.7. The van der Waals surface area contributed by atoms with Gasteiger partial charge in [-0.05, 0) is 61.9 Å². The molecule has 8 nitrogen and oxygen atoms in total. The summed E-state index contributed by atoms with van der Waals surface area (Å²) in [5, 5.41) is 15.2. The number of carbonyl (C=O) groups is 1. The molecule has 0 aliphatic heterocycles. The molecular formula is C23H24N6O2. The first-order chi connectivity index (χ1) is 15.0. The van der Waals surface area contributed by atoms with Crippen molar-refractivity contribution in [3.8, 4) is 17.5 Å². The molecule has 2 N–H and O–H groups in total. The summed E-state index contributed by atoms with van der Waals surface area (Å²) in [7, 11) is 1.63.